The van der Waals surface area contributed by atoms with Gasteiger partial charge in [-0.1, -0.05) is 97.1 Å². The highest BCUT2D eigenvalue weighted by Gasteiger charge is 2.28. The average molecular weight is 567 g/mol. The maximum absolute atomic E-state index is 13.4. The summed E-state index contributed by atoms with van der Waals surface area (Å²) in [5.41, 5.74) is 5.88. The number of piperazine rings is 1. The summed E-state index contributed by atoms with van der Waals surface area (Å²) in [6.07, 6.45) is 0. The number of carbonyl (C=O) groups is 2. The number of benzene rings is 5. The van der Waals surface area contributed by atoms with Crippen molar-refractivity contribution < 1.29 is 14.3 Å². The molecule has 43 heavy (non-hydrogen) atoms. The normalized spacial score (nSPS) is 13.6. The van der Waals surface area contributed by atoms with Gasteiger partial charge in [0.2, 0.25) is 0 Å². The number of hydrogen-bond acceptors (Lipinski definition) is 4. The van der Waals surface area contributed by atoms with E-state index in [1.165, 1.54) is 11.1 Å². The Kier molecular flexibility index (Phi) is 8.43. The molecule has 0 N–H and O–H groups in total. The van der Waals surface area contributed by atoms with Crippen molar-refractivity contribution in [3.63, 3.8) is 0 Å². The van der Waals surface area contributed by atoms with Crippen LogP contribution in [0.4, 0.5) is 0 Å². The standard InChI is InChI=1S/C38H34N2O3/c1-28(41)29-15-17-30(18-16-29)34-13-8-14-36(27-34)43-35-21-19-33(20-22-35)38(42)40-25-23-39(24-26-40)37(31-9-4-2-5-10-31)32-11-6-3-7-12-32/h2-22,27,37H,23-26H2,1H3. The van der Waals surface area contributed by atoms with E-state index in [1.807, 2.05) is 89.8 Å². The van der Waals surface area contributed by atoms with Gasteiger partial charge in [0.15, 0.2) is 5.78 Å². The van der Waals surface area contributed by atoms with Gasteiger partial charge in [0, 0.05) is 37.3 Å². The van der Waals surface area contributed by atoms with E-state index in [-0.39, 0.29) is 17.7 Å². The molecule has 0 bridgehead atoms. The number of amides is 1. The summed E-state index contributed by atoms with van der Waals surface area (Å²) < 4.78 is 6.12. The molecule has 0 unspecified atom stereocenters. The van der Waals surface area contributed by atoms with E-state index < -0.39 is 0 Å². The van der Waals surface area contributed by atoms with Crippen LogP contribution in [0.25, 0.3) is 11.1 Å². The first-order valence-electron chi connectivity index (χ1n) is 14.7. The lowest BCUT2D eigenvalue weighted by Gasteiger charge is -2.39. The monoisotopic (exact) mass is 566 g/mol. The number of Topliss-reactive ketones (excluding diaryl/α,β-unsaturated/α-hetero) is 1. The van der Waals surface area contributed by atoms with Gasteiger partial charge in [-0.05, 0) is 65.6 Å². The highest BCUT2D eigenvalue weighted by atomic mass is 16.5. The maximum Gasteiger partial charge on any atom is 0.253 e. The van der Waals surface area contributed by atoms with E-state index in [0.29, 0.717) is 35.7 Å². The number of hydrogen-bond donors (Lipinski definition) is 0. The first kappa shape index (κ1) is 28.1. The highest BCUT2D eigenvalue weighted by Crippen LogP contribution is 2.31. The molecule has 1 amide bonds. The fourth-order valence-corrected chi connectivity index (χ4v) is 5.69. The molecule has 5 heteroatoms. The summed E-state index contributed by atoms with van der Waals surface area (Å²) >= 11 is 0. The van der Waals surface area contributed by atoms with Crippen molar-refractivity contribution in [2.45, 2.75) is 13.0 Å². The van der Waals surface area contributed by atoms with Gasteiger partial charge in [0.05, 0.1) is 6.04 Å². The van der Waals surface area contributed by atoms with Crippen molar-refractivity contribution >= 4 is 11.7 Å². The molecule has 1 aliphatic rings. The molecule has 0 radical (unpaired) electrons. The summed E-state index contributed by atoms with van der Waals surface area (Å²) in [6, 6.07) is 44.1. The molecule has 5 nitrogen and oxygen atoms in total. The lowest BCUT2D eigenvalue weighted by Crippen LogP contribution is -2.49. The molecule has 0 saturated carbocycles. The predicted octanol–water partition coefficient (Wildman–Crippen LogP) is 7.90. The van der Waals surface area contributed by atoms with E-state index in [4.69, 9.17) is 4.74 Å². The second-order valence-electron chi connectivity index (χ2n) is 10.8. The molecule has 0 atom stereocenters. The summed E-state index contributed by atoms with van der Waals surface area (Å²) in [7, 11) is 0. The van der Waals surface area contributed by atoms with Crippen LogP contribution in [0.2, 0.25) is 0 Å². The molecular formula is C38H34N2O3. The number of carbonyl (C=O) groups excluding carboxylic acids is 2. The van der Waals surface area contributed by atoms with Gasteiger partial charge in [-0.3, -0.25) is 14.5 Å². The number of ether oxygens (including phenoxy) is 1. The van der Waals surface area contributed by atoms with Crippen molar-refractivity contribution in [1.29, 1.82) is 0 Å². The molecule has 1 aliphatic heterocycles. The minimum absolute atomic E-state index is 0.0400. The third-order valence-corrected chi connectivity index (χ3v) is 7.99. The van der Waals surface area contributed by atoms with Crippen LogP contribution in [0.1, 0.15) is 44.8 Å². The molecule has 0 aliphatic carbocycles. The van der Waals surface area contributed by atoms with Gasteiger partial charge in [-0.25, -0.2) is 0 Å². The molecule has 5 aromatic carbocycles. The van der Waals surface area contributed by atoms with Gasteiger partial charge < -0.3 is 9.64 Å². The van der Waals surface area contributed by atoms with Crippen molar-refractivity contribution in [2.24, 2.45) is 0 Å². The summed E-state index contributed by atoms with van der Waals surface area (Å²) in [5.74, 6) is 1.46. The first-order valence-corrected chi connectivity index (χ1v) is 14.7. The van der Waals surface area contributed by atoms with Gasteiger partial charge in [0.1, 0.15) is 11.5 Å². The van der Waals surface area contributed by atoms with E-state index in [1.54, 1.807) is 6.92 Å². The fraction of sp³-hybridized carbons (Fsp3) is 0.158. The van der Waals surface area contributed by atoms with Crippen LogP contribution in [0.5, 0.6) is 11.5 Å². The quantitative estimate of drug-likeness (QED) is 0.179. The zero-order chi connectivity index (χ0) is 29.6. The van der Waals surface area contributed by atoms with Gasteiger partial charge in [-0.15, -0.1) is 0 Å². The molecule has 6 rings (SSSR count). The molecule has 1 saturated heterocycles. The van der Waals surface area contributed by atoms with Crippen molar-refractivity contribution in [2.75, 3.05) is 26.2 Å². The van der Waals surface area contributed by atoms with Crippen molar-refractivity contribution in [3.05, 3.63) is 156 Å². The maximum atomic E-state index is 13.4. The van der Waals surface area contributed by atoms with E-state index in [0.717, 1.165) is 24.2 Å². The zero-order valence-corrected chi connectivity index (χ0v) is 24.2. The Balaban J connectivity index is 1.09. The predicted molar refractivity (Wildman–Crippen MR) is 171 cm³/mol. The van der Waals surface area contributed by atoms with Crippen LogP contribution in [-0.4, -0.2) is 47.7 Å². The summed E-state index contributed by atoms with van der Waals surface area (Å²) in [6.45, 7) is 4.52. The Morgan fingerprint density at radius 2 is 1.16 bits per heavy atom. The molecule has 1 fully saturated rings. The lowest BCUT2D eigenvalue weighted by molar-refractivity contribution is 0.0597. The second-order valence-corrected chi connectivity index (χ2v) is 10.8. The first-order chi connectivity index (χ1) is 21.0. The Morgan fingerprint density at radius 3 is 1.74 bits per heavy atom. The largest absolute Gasteiger partial charge is 0.457 e. The second kappa shape index (κ2) is 12.9. The summed E-state index contributed by atoms with van der Waals surface area (Å²) in [4.78, 5) is 29.4. The fourth-order valence-electron chi connectivity index (χ4n) is 5.69. The molecule has 214 valence electrons. The van der Waals surface area contributed by atoms with E-state index in [9.17, 15) is 9.59 Å². The molecular weight excluding hydrogens is 532 g/mol. The number of rotatable bonds is 8. The smallest absolute Gasteiger partial charge is 0.253 e. The van der Waals surface area contributed by atoms with Crippen LogP contribution in [0, 0.1) is 0 Å². The zero-order valence-electron chi connectivity index (χ0n) is 24.2. The Morgan fingerprint density at radius 1 is 0.581 bits per heavy atom. The molecule has 5 aromatic rings. The SMILES string of the molecule is CC(=O)c1ccc(-c2cccc(Oc3ccc(C(=O)N4CCN(C(c5ccccc5)c5ccccc5)CC4)cc3)c2)cc1. The number of ketones is 1. The van der Waals surface area contributed by atoms with Crippen LogP contribution < -0.4 is 4.74 Å². The van der Waals surface area contributed by atoms with Gasteiger partial charge in [0.25, 0.3) is 5.91 Å². The van der Waals surface area contributed by atoms with Crippen LogP contribution in [-0.2, 0) is 0 Å². The minimum Gasteiger partial charge on any atom is -0.457 e. The number of nitrogens with zero attached hydrogens (tertiary/aromatic N) is 2. The molecule has 1 heterocycles. The molecule has 0 aromatic heterocycles. The van der Waals surface area contributed by atoms with Gasteiger partial charge >= 0.3 is 0 Å². The summed E-state index contributed by atoms with van der Waals surface area (Å²) in [5, 5.41) is 0. The third-order valence-electron chi connectivity index (χ3n) is 7.99. The van der Waals surface area contributed by atoms with E-state index in [2.05, 4.69) is 53.4 Å². The van der Waals surface area contributed by atoms with Crippen LogP contribution in [0.15, 0.2) is 133 Å². The van der Waals surface area contributed by atoms with Crippen molar-refractivity contribution in [1.82, 2.24) is 9.80 Å². The minimum atomic E-state index is 0.0400. The van der Waals surface area contributed by atoms with Crippen LogP contribution >= 0.6 is 0 Å². The van der Waals surface area contributed by atoms with E-state index >= 15 is 0 Å². The molecule has 0 spiro atoms. The van der Waals surface area contributed by atoms with Crippen molar-refractivity contribution in [3.8, 4) is 22.6 Å². The topological polar surface area (TPSA) is 49.9 Å². The Bertz CT molecular complexity index is 1640. The lowest BCUT2D eigenvalue weighted by atomic mass is 9.96. The highest BCUT2D eigenvalue weighted by molar-refractivity contribution is 5.95. The Hall–Kier alpha value is -5.00. The Labute approximate surface area is 253 Å². The van der Waals surface area contributed by atoms with Crippen LogP contribution in [0.3, 0.4) is 0 Å². The van der Waals surface area contributed by atoms with Gasteiger partial charge in [-0.2, -0.15) is 0 Å². The third kappa shape index (κ3) is 6.58. The average Bonchev–Trinajstić information content (AvgIpc) is 3.06.